The first-order valence-corrected chi connectivity index (χ1v) is 7.52. The molecule has 106 valence electrons. The minimum Gasteiger partial charge on any atom is -0.377 e. The molecule has 1 saturated carbocycles. The van der Waals surface area contributed by atoms with Crippen molar-refractivity contribution < 1.29 is 9.53 Å². The lowest BCUT2D eigenvalue weighted by Gasteiger charge is -2.37. The molecular formula is C16H30O2. The fraction of sp³-hybridized carbons (Fsp3) is 0.938. The van der Waals surface area contributed by atoms with E-state index in [-0.39, 0.29) is 5.92 Å². The van der Waals surface area contributed by atoms with Crippen LogP contribution in [0.25, 0.3) is 0 Å². The molecule has 0 spiro atoms. The number of ether oxygens (including phenoxy) is 1. The van der Waals surface area contributed by atoms with Crippen LogP contribution in [0.15, 0.2) is 0 Å². The second-order valence-corrected chi connectivity index (χ2v) is 6.74. The van der Waals surface area contributed by atoms with E-state index < -0.39 is 0 Å². The lowest BCUT2D eigenvalue weighted by atomic mass is 9.75. The van der Waals surface area contributed by atoms with Crippen LogP contribution in [0.4, 0.5) is 0 Å². The summed E-state index contributed by atoms with van der Waals surface area (Å²) in [6, 6.07) is 0. The highest BCUT2D eigenvalue weighted by molar-refractivity contribution is 5.53. The Morgan fingerprint density at radius 3 is 2.39 bits per heavy atom. The van der Waals surface area contributed by atoms with Gasteiger partial charge >= 0.3 is 0 Å². The van der Waals surface area contributed by atoms with Crippen LogP contribution in [0.3, 0.4) is 0 Å². The predicted octanol–water partition coefficient (Wildman–Crippen LogP) is 3.93. The average Bonchev–Trinajstić information content (AvgIpc) is 2.29. The number of hydrogen-bond donors (Lipinski definition) is 0. The number of carbonyl (C=O) groups is 1. The van der Waals surface area contributed by atoms with Gasteiger partial charge in [-0.1, -0.05) is 41.0 Å². The Bertz CT molecular complexity index is 247. The zero-order valence-electron chi connectivity index (χ0n) is 12.7. The molecule has 0 bridgehead atoms. The highest BCUT2D eigenvalue weighted by Crippen LogP contribution is 2.35. The van der Waals surface area contributed by atoms with Crippen molar-refractivity contribution in [3.63, 3.8) is 0 Å². The molecule has 2 heteroatoms. The van der Waals surface area contributed by atoms with Gasteiger partial charge in [0, 0.05) is 5.92 Å². The summed E-state index contributed by atoms with van der Waals surface area (Å²) >= 11 is 0. The first-order valence-electron chi connectivity index (χ1n) is 7.52. The van der Waals surface area contributed by atoms with Crippen molar-refractivity contribution in [2.45, 2.75) is 60.0 Å². The van der Waals surface area contributed by atoms with Gasteiger partial charge in [-0.3, -0.25) is 0 Å². The van der Waals surface area contributed by atoms with Crippen LogP contribution in [-0.4, -0.2) is 19.0 Å². The Morgan fingerprint density at radius 2 is 1.89 bits per heavy atom. The molecule has 1 rings (SSSR count). The average molecular weight is 254 g/mol. The molecule has 0 N–H and O–H groups in total. The summed E-state index contributed by atoms with van der Waals surface area (Å²) in [7, 11) is 0. The van der Waals surface area contributed by atoms with Crippen molar-refractivity contribution in [3.05, 3.63) is 0 Å². The van der Waals surface area contributed by atoms with Crippen molar-refractivity contribution in [1.29, 1.82) is 0 Å². The molecule has 0 aliphatic heterocycles. The monoisotopic (exact) mass is 254 g/mol. The van der Waals surface area contributed by atoms with E-state index in [2.05, 4.69) is 34.6 Å². The van der Waals surface area contributed by atoms with E-state index in [1.165, 1.54) is 12.8 Å². The fourth-order valence-electron chi connectivity index (χ4n) is 2.93. The predicted molar refractivity (Wildman–Crippen MR) is 75.5 cm³/mol. The van der Waals surface area contributed by atoms with Gasteiger partial charge in [0.15, 0.2) is 0 Å². The molecule has 0 amide bonds. The Labute approximate surface area is 112 Å². The van der Waals surface area contributed by atoms with Crippen LogP contribution >= 0.6 is 0 Å². The highest BCUT2D eigenvalue weighted by atomic mass is 16.5. The molecule has 0 aromatic rings. The summed E-state index contributed by atoms with van der Waals surface area (Å²) in [4.78, 5) is 11.0. The van der Waals surface area contributed by atoms with Crippen LogP contribution < -0.4 is 0 Å². The highest BCUT2D eigenvalue weighted by Gasteiger charge is 2.31. The summed E-state index contributed by atoms with van der Waals surface area (Å²) < 4.78 is 6.11. The van der Waals surface area contributed by atoms with Gasteiger partial charge < -0.3 is 9.53 Å². The van der Waals surface area contributed by atoms with Gasteiger partial charge in [-0.05, 0) is 36.5 Å². The molecule has 0 aromatic heterocycles. The summed E-state index contributed by atoms with van der Waals surface area (Å²) in [6.07, 6.45) is 5.17. The van der Waals surface area contributed by atoms with Crippen molar-refractivity contribution in [3.8, 4) is 0 Å². The quantitative estimate of drug-likeness (QED) is 0.671. The number of aldehydes is 1. The van der Waals surface area contributed by atoms with Gasteiger partial charge in [0.2, 0.25) is 0 Å². The molecule has 0 heterocycles. The second kappa shape index (κ2) is 7.28. The van der Waals surface area contributed by atoms with Gasteiger partial charge in [0.1, 0.15) is 6.29 Å². The molecule has 0 radical (unpaired) electrons. The number of hydrogen-bond acceptors (Lipinski definition) is 2. The molecule has 1 aliphatic carbocycles. The van der Waals surface area contributed by atoms with E-state index in [0.29, 0.717) is 30.5 Å². The maximum absolute atomic E-state index is 11.0. The fourth-order valence-corrected chi connectivity index (χ4v) is 2.93. The largest absolute Gasteiger partial charge is 0.377 e. The molecule has 4 unspecified atom stereocenters. The van der Waals surface area contributed by atoms with Gasteiger partial charge in [-0.15, -0.1) is 0 Å². The molecule has 2 nitrogen and oxygen atoms in total. The SMILES string of the molecule is CC1CCC(C(C)C)C(OCC(C=O)C(C)C)C1. The Morgan fingerprint density at radius 1 is 1.22 bits per heavy atom. The minimum atomic E-state index is 0.0510. The molecule has 1 aliphatic rings. The molecule has 0 saturated heterocycles. The molecule has 1 fully saturated rings. The van der Waals surface area contributed by atoms with Gasteiger partial charge in [0.05, 0.1) is 12.7 Å². The molecule has 18 heavy (non-hydrogen) atoms. The van der Waals surface area contributed by atoms with E-state index in [0.717, 1.165) is 18.6 Å². The summed E-state index contributed by atoms with van der Waals surface area (Å²) in [5.41, 5.74) is 0. The van der Waals surface area contributed by atoms with Gasteiger partial charge in [-0.25, -0.2) is 0 Å². The normalized spacial score (nSPS) is 30.7. The maximum atomic E-state index is 11.0. The van der Waals surface area contributed by atoms with Gasteiger partial charge in [-0.2, -0.15) is 0 Å². The summed E-state index contributed by atoms with van der Waals surface area (Å²) in [5, 5.41) is 0. The van der Waals surface area contributed by atoms with Gasteiger partial charge in [0.25, 0.3) is 0 Å². The van der Waals surface area contributed by atoms with Crippen molar-refractivity contribution in [1.82, 2.24) is 0 Å². The third-order valence-electron chi connectivity index (χ3n) is 4.50. The Kier molecular flexibility index (Phi) is 6.34. The lowest BCUT2D eigenvalue weighted by Crippen LogP contribution is -2.36. The van der Waals surface area contributed by atoms with Crippen molar-refractivity contribution in [2.75, 3.05) is 6.61 Å². The van der Waals surface area contributed by atoms with Crippen LogP contribution in [0.1, 0.15) is 53.9 Å². The van der Waals surface area contributed by atoms with E-state index >= 15 is 0 Å². The third kappa shape index (κ3) is 4.38. The molecular weight excluding hydrogens is 224 g/mol. The molecule has 4 atom stereocenters. The van der Waals surface area contributed by atoms with E-state index in [1.54, 1.807) is 0 Å². The first-order chi connectivity index (χ1) is 8.45. The second-order valence-electron chi connectivity index (χ2n) is 6.74. The first kappa shape index (κ1) is 15.7. The maximum Gasteiger partial charge on any atom is 0.125 e. The Balaban J connectivity index is 2.52. The van der Waals surface area contributed by atoms with E-state index in [9.17, 15) is 4.79 Å². The number of rotatable bonds is 6. The lowest BCUT2D eigenvalue weighted by molar-refractivity contribution is -0.117. The number of carbonyl (C=O) groups excluding carboxylic acids is 1. The smallest absolute Gasteiger partial charge is 0.125 e. The molecule has 0 aromatic carbocycles. The topological polar surface area (TPSA) is 26.3 Å². The van der Waals surface area contributed by atoms with E-state index in [1.807, 2.05) is 0 Å². The van der Waals surface area contributed by atoms with Crippen LogP contribution in [0.5, 0.6) is 0 Å². The van der Waals surface area contributed by atoms with E-state index in [4.69, 9.17) is 4.74 Å². The zero-order valence-corrected chi connectivity index (χ0v) is 12.7. The van der Waals surface area contributed by atoms with Crippen LogP contribution in [-0.2, 0) is 9.53 Å². The summed E-state index contributed by atoms with van der Waals surface area (Å²) in [6.45, 7) is 11.7. The standard InChI is InChI=1S/C16H30O2/c1-11(2)14(9-17)10-18-16-8-13(5)6-7-15(16)12(3)4/h9,11-16H,6-8,10H2,1-5H3. The third-order valence-corrected chi connectivity index (χ3v) is 4.50. The van der Waals surface area contributed by atoms with Crippen LogP contribution in [0, 0.1) is 29.6 Å². The minimum absolute atomic E-state index is 0.0510. The van der Waals surface area contributed by atoms with Crippen molar-refractivity contribution >= 4 is 6.29 Å². The Hall–Kier alpha value is -0.370. The summed E-state index contributed by atoms with van der Waals surface area (Å²) in [5.74, 6) is 2.53. The zero-order chi connectivity index (χ0) is 13.7. The van der Waals surface area contributed by atoms with Crippen molar-refractivity contribution in [2.24, 2.45) is 29.6 Å². The van der Waals surface area contributed by atoms with Crippen LogP contribution in [0.2, 0.25) is 0 Å².